The molecule has 164 valence electrons. The number of hydrogen-bond donors (Lipinski definition) is 0. The lowest BCUT2D eigenvalue weighted by atomic mass is 9.96. The summed E-state index contributed by atoms with van der Waals surface area (Å²) in [5.41, 5.74) is 7.04. The first-order chi connectivity index (χ1) is 14.8. The van der Waals surface area contributed by atoms with Gasteiger partial charge in [0.15, 0.2) is 0 Å². The molecule has 3 aromatic rings. The molecular weight excluding hydrogens is 384 g/mol. The fourth-order valence-electron chi connectivity index (χ4n) is 4.35. The van der Waals surface area contributed by atoms with Crippen molar-refractivity contribution < 1.29 is 14.1 Å². The van der Waals surface area contributed by atoms with Crippen LogP contribution in [0.1, 0.15) is 86.3 Å². The van der Waals surface area contributed by atoms with E-state index in [4.69, 9.17) is 4.74 Å². The molecule has 0 aliphatic carbocycles. The van der Waals surface area contributed by atoms with Gasteiger partial charge in [0.25, 0.3) is 0 Å². The third-order valence-corrected chi connectivity index (χ3v) is 5.98. The van der Waals surface area contributed by atoms with Crippen LogP contribution in [-0.4, -0.2) is 17.6 Å². The van der Waals surface area contributed by atoms with Crippen molar-refractivity contribution in [1.82, 2.24) is 4.57 Å². The summed E-state index contributed by atoms with van der Waals surface area (Å²) in [5.74, 6) is 0.841. The van der Waals surface area contributed by atoms with Crippen LogP contribution in [-0.2, 0) is 17.6 Å². The summed E-state index contributed by atoms with van der Waals surface area (Å²) in [4.78, 5) is 13.2. The number of para-hydroxylation sites is 2. The van der Waals surface area contributed by atoms with E-state index >= 15 is 0 Å². The van der Waals surface area contributed by atoms with Crippen LogP contribution >= 0.6 is 0 Å². The average Bonchev–Trinajstić information content (AvgIpc) is 3.21. The van der Waals surface area contributed by atoms with Gasteiger partial charge in [-0.1, -0.05) is 77.9 Å². The molecule has 4 nitrogen and oxygen atoms in total. The van der Waals surface area contributed by atoms with Crippen LogP contribution in [0, 0.1) is 0 Å². The van der Waals surface area contributed by atoms with E-state index < -0.39 is 0 Å². The van der Waals surface area contributed by atoms with Gasteiger partial charge in [0.2, 0.25) is 0 Å². The molecule has 2 aromatic carbocycles. The second-order valence-corrected chi connectivity index (χ2v) is 8.58. The summed E-state index contributed by atoms with van der Waals surface area (Å²) >= 11 is 0. The number of imidazole rings is 1. The lowest BCUT2D eigenvalue weighted by Gasteiger charge is -2.16. The van der Waals surface area contributed by atoms with Crippen molar-refractivity contribution in [3.05, 3.63) is 76.9 Å². The predicted octanol–water partition coefficient (Wildman–Crippen LogP) is 5.91. The fourth-order valence-corrected chi connectivity index (χ4v) is 4.35. The van der Waals surface area contributed by atoms with Gasteiger partial charge in [-0.15, -0.1) is 0 Å². The Hall–Kier alpha value is -2.88. The molecule has 0 aliphatic rings. The average molecular weight is 420 g/mol. The van der Waals surface area contributed by atoms with Crippen LogP contribution in [0.5, 0.6) is 0 Å². The molecule has 1 aromatic heterocycles. The van der Waals surface area contributed by atoms with Gasteiger partial charge in [-0.25, -0.2) is 4.79 Å². The zero-order valence-electron chi connectivity index (χ0n) is 19.9. The standard InChI is InChI=1S/C27H35N2O2/c1-8-20-12-10-14-22(18(3)4)24(20)28-16-17-29(26(28)27(30)31-7)25-21(9-2)13-11-15-23(25)19(5)6/h10-19H,8-9H2,1-7H3/q+1. The number of carbonyl (C=O) groups is 1. The van der Waals surface area contributed by atoms with Gasteiger partial charge < -0.3 is 4.74 Å². The van der Waals surface area contributed by atoms with Gasteiger partial charge in [-0.05, 0) is 35.8 Å². The lowest BCUT2D eigenvalue weighted by Crippen LogP contribution is -2.40. The van der Waals surface area contributed by atoms with Crippen LogP contribution in [0.3, 0.4) is 0 Å². The molecule has 0 bridgehead atoms. The largest absolute Gasteiger partial charge is 0.460 e. The maximum atomic E-state index is 13.2. The highest BCUT2D eigenvalue weighted by Gasteiger charge is 2.33. The predicted molar refractivity (Wildman–Crippen MR) is 126 cm³/mol. The molecule has 3 rings (SSSR count). The first kappa shape index (κ1) is 22.8. The summed E-state index contributed by atoms with van der Waals surface area (Å²) in [6, 6.07) is 12.8. The number of aryl methyl sites for hydroxylation is 2. The Kier molecular flexibility index (Phi) is 6.99. The van der Waals surface area contributed by atoms with Crippen molar-refractivity contribution in [2.75, 3.05) is 7.11 Å². The quantitative estimate of drug-likeness (QED) is 0.352. The van der Waals surface area contributed by atoms with E-state index in [1.54, 1.807) is 0 Å². The minimum Gasteiger partial charge on any atom is -0.460 e. The molecule has 0 fully saturated rings. The van der Waals surface area contributed by atoms with E-state index in [2.05, 4.69) is 77.9 Å². The molecule has 31 heavy (non-hydrogen) atoms. The molecule has 0 saturated heterocycles. The Labute approximate surface area is 186 Å². The highest BCUT2D eigenvalue weighted by atomic mass is 16.5. The van der Waals surface area contributed by atoms with E-state index in [9.17, 15) is 4.79 Å². The molecule has 0 N–H and O–H groups in total. The van der Waals surface area contributed by atoms with Crippen LogP contribution < -0.4 is 4.57 Å². The van der Waals surface area contributed by atoms with Gasteiger partial charge in [-0.3, -0.25) is 0 Å². The van der Waals surface area contributed by atoms with E-state index in [0.717, 1.165) is 24.2 Å². The van der Waals surface area contributed by atoms with Gasteiger partial charge in [0.1, 0.15) is 23.8 Å². The minimum absolute atomic E-state index is 0.331. The van der Waals surface area contributed by atoms with Gasteiger partial charge in [0.05, 0.1) is 7.11 Å². The number of ether oxygens (including phenoxy) is 1. The number of benzene rings is 2. The highest BCUT2D eigenvalue weighted by Crippen LogP contribution is 2.29. The number of methoxy groups -OCH3 is 1. The Morgan fingerprint density at radius 1 is 0.935 bits per heavy atom. The topological polar surface area (TPSA) is 35.1 Å². The van der Waals surface area contributed by atoms with Crippen molar-refractivity contribution in [3.63, 3.8) is 0 Å². The van der Waals surface area contributed by atoms with E-state index in [-0.39, 0.29) is 5.97 Å². The molecule has 0 radical (unpaired) electrons. The molecule has 0 atom stereocenters. The number of nitrogens with zero attached hydrogens (tertiary/aromatic N) is 2. The fraction of sp³-hybridized carbons (Fsp3) is 0.407. The second-order valence-electron chi connectivity index (χ2n) is 8.58. The van der Waals surface area contributed by atoms with E-state index in [1.165, 1.54) is 29.4 Å². The summed E-state index contributed by atoms with van der Waals surface area (Å²) in [5, 5.41) is 0. The van der Waals surface area contributed by atoms with Crippen LogP contribution in [0.2, 0.25) is 0 Å². The molecule has 1 heterocycles. The van der Waals surface area contributed by atoms with Crippen molar-refractivity contribution in [2.45, 2.75) is 66.2 Å². The Balaban J connectivity index is 2.41. The SMILES string of the molecule is CCc1cccc(C(C)C)c1-n1cc[n+](-c2c(CC)cccc2C(C)C)c1C(=O)OC. The summed E-state index contributed by atoms with van der Waals surface area (Å²) in [6.07, 6.45) is 5.78. The van der Waals surface area contributed by atoms with Crippen molar-refractivity contribution >= 4 is 5.97 Å². The van der Waals surface area contributed by atoms with Gasteiger partial charge in [0, 0.05) is 11.1 Å². The number of aromatic nitrogens is 2. The Morgan fingerprint density at radius 2 is 1.52 bits per heavy atom. The zero-order chi connectivity index (χ0) is 22.7. The third-order valence-electron chi connectivity index (χ3n) is 5.98. The van der Waals surface area contributed by atoms with Crippen LogP contribution in [0.4, 0.5) is 0 Å². The Morgan fingerprint density at radius 3 is 2.06 bits per heavy atom. The molecule has 0 spiro atoms. The highest BCUT2D eigenvalue weighted by molar-refractivity contribution is 5.85. The maximum absolute atomic E-state index is 13.2. The maximum Gasteiger partial charge on any atom is 0.422 e. The molecule has 4 heteroatoms. The van der Waals surface area contributed by atoms with Crippen molar-refractivity contribution in [2.24, 2.45) is 0 Å². The summed E-state index contributed by atoms with van der Waals surface area (Å²) < 4.78 is 9.33. The van der Waals surface area contributed by atoms with Crippen LogP contribution in [0.25, 0.3) is 11.4 Å². The van der Waals surface area contributed by atoms with Gasteiger partial charge in [-0.2, -0.15) is 9.13 Å². The molecule has 0 unspecified atom stereocenters. The summed E-state index contributed by atoms with van der Waals surface area (Å²) in [7, 11) is 1.45. The first-order valence-electron chi connectivity index (χ1n) is 11.3. The Bertz CT molecular complexity index is 1000. The van der Waals surface area contributed by atoms with Gasteiger partial charge >= 0.3 is 11.8 Å². The van der Waals surface area contributed by atoms with E-state index in [0.29, 0.717) is 17.7 Å². The normalized spacial score (nSPS) is 11.4. The molecule has 0 amide bonds. The summed E-state index contributed by atoms with van der Waals surface area (Å²) in [6.45, 7) is 13.1. The number of esters is 1. The number of hydrogen-bond acceptors (Lipinski definition) is 2. The van der Waals surface area contributed by atoms with E-state index in [1.807, 2.05) is 21.5 Å². The molecule has 0 saturated carbocycles. The number of rotatable bonds is 7. The van der Waals surface area contributed by atoms with Crippen molar-refractivity contribution in [1.29, 1.82) is 0 Å². The first-order valence-corrected chi connectivity index (χ1v) is 11.3. The lowest BCUT2D eigenvalue weighted by molar-refractivity contribution is -0.599. The second kappa shape index (κ2) is 9.51. The third kappa shape index (κ3) is 4.16. The zero-order valence-corrected chi connectivity index (χ0v) is 19.9. The smallest absolute Gasteiger partial charge is 0.422 e. The van der Waals surface area contributed by atoms with Crippen LogP contribution in [0.15, 0.2) is 48.8 Å². The molecular formula is C27H35N2O2+. The van der Waals surface area contributed by atoms with Crippen molar-refractivity contribution in [3.8, 4) is 11.4 Å². The monoisotopic (exact) mass is 419 g/mol. The number of carbonyl (C=O) groups excluding carboxylic acids is 1. The molecule has 0 aliphatic heterocycles. The minimum atomic E-state index is -0.341.